The van der Waals surface area contributed by atoms with Crippen molar-refractivity contribution < 1.29 is 14.6 Å². The van der Waals surface area contributed by atoms with E-state index in [9.17, 15) is 9.90 Å². The summed E-state index contributed by atoms with van der Waals surface area (Å²) in [5.41, 5.74) is -0.927. The number of tetrazole rings is 1. The predicted octanol–water partition coefficient (Wildman–Crippen LogP) is 0.606. The third-order valence-electron chi connectivity index (χ3n) is 3.34. The molecule has 0 aromatic carbocycles. The fraction of sp³-hybridized carbons (Fsp3) is 0.818. The van der Waals surface area contributed by atoms with Gasteiger partial charge in [0.25, 0.3) is 0 Å². The molecule has 18 heavy (non-hydrogen) atoms. The Morgan fingerprint density at radius 2 is 2.28 bits per heavy atom. The van der Waals surface area contributed by atoms with Gasteiger partial charge >= 0.3 is 5.97 Å². The monoisotopic (exact) mass is 254 g/mol. The van der Waals surface area contributed by atoms with Gasteiger partial charge < -0.3 is 9.84 Å². The van der Waals surface area contributed by atoms with Crippen LogP contribution in [0.15, 0.2) is 0 Å². The quantitative estimate of drug-likeness (QED) is 0.717. The summed E-state index contributed by atoms with van der Waals surface area (Å²) in [6, 6.07) is 0. The Bertz CT molecular complexity index is 414. The van der Waals surface area contributed by atoms with Crippen molar-refractivity contribution in [2.45, 2.75) is 44.6 Å². The van der Waals surface area contributed by atoms with Gasteiger partial charge in [0, 0.05) is 13.0 Å². The average molecular weight is 254 g/mol. The van der Waals surface area contributed by atoms with Crippen LogP contribution in [0.1, 0.15) is 38.4 Å². The van der Waals surface area contributed by atoms with Crippen molar-refractivity contribution in [3.05, 3.63) is 5.82 Å². The number of carboxylic acids is 1. The Balaban J connectivity index is 2.05. The molecule has 1 aliphatic rings. The summed E-state index contributed by atoms with van der Waals surface area (Å²) in [7, 11) is 0. The zero-order valence-corrected chi connectivity index (χ0v) is 10.5. The third-order valence-corrected chi connectivity index (χ3v) is 3.34. The first kappa shape index (κ1) is 12.9. The minimum absolute atomic E-state index is 0.518. The van der Waals surface area contributed by atoms with Crippen LogP contribution in [0.3, 0.4) is 0 Å². The standard InChI is InChI=1S/C11H18N4O3/c1-2-7-18-8-4-9-12-13-14-15(9)11(10(16)17)5-3-6-11/h2-8H2,1H3,(H,16,17). The van der Waals surface area contributed by atoms with Gasteiger partial charge in [-0.2, -0.15) is 0 Å². The SMILES string of the molecule is CCCOCCc1nnnn1C1(C(=O)O)CCC1. The molecule has 7 nitrogen and oxygen atoms in total. The minimum atomic E-state index is -0.927. The van der Waals surface area contributed by atoms with Crippen molar-refractivity contribution in [2.24, 2.45) is 0 Å². The molecule has 1 aliphatic carbocycles. The molecule has 1 fully saturated rings. The molecule has 0 radical (unpaired) electrons. The largest absolute Gasteiger partial charge is 0.479 e. The van der Waals surface area contributed by atoms with Gasteiger partial charge in [0.15, 0.2) is 11.4 Å². The van der Waals surface area contributed by atoms with Crippen LogP contribution in [0, 0.1) is 0 Å². The topological polar surface area (TPSA) is 90.1 Å². The highest BCUT2D eigenvalue weighted by molar-refractivity contribution is 5.77. The summed E-state index contributed by atoms with van der Waals surface area (Å²) in [4.78, 5) is 11.4. The molecule has 0 atom stereocenters. The van der Waals surface area contributed by atoms with Gasteiger partial charge in [0.05, 0.1) is 6.61 Å². The molecule has 2 rings (SSSR count). The first-order valence-corrected chi connectivity index (χ1v) is 6.29. The predicted molar refractivity (Wildman–Crippen MR) is 62.1 cm³/mol. The number of carbonyl (C=O) groups is 1. The zero-order valence-electron chi connectivity index (χ0n) is 10.5. The number of hydrogen-bond acceptors (Lipinski definition) is 5. The molecule has 0 aliphatic heterocycles. The van der Waals surface area contributed by atoms with Crippen molar-refractivity contribution in [2.75, 3.05) is 13.2 Å². The molecule has 1 aromatic heterocycles. The Morgan fingerprint density at radius 1 is 1.50 bits per heavy atom. The van der Waals surface area contributed by atoms with E-state index in [-0.39, 0.29) is 0 Å². The molecule has 1 saturated carbocycles. The number of aliphatic carboxylic acids is 1. The third kappa shape index (κ3) is 2.22. The van der Waals surface area contributed by atoms with Crippen molar-refractivity contribution in [1.29, 1.82) is 0 Å². The highest BCUT2D eigenvalue weighted by atomic mass is 16.5. The van der Waals surface area contributed by atoms with Crippen LogP contribution in [-0.4, -0.2) is 44.5 Å². The van der Waals surface area contributed by atoms with E-state index >= 15 is 0 Å². The van der Waals surface area contributed by atoms with Crippen LogP contribution < -0.4 is 0 Å². The highest BCUT2D eigenvalue weighted by Crippen LogP contribution is 2.39. The van der Waals surface area contributed by atoms with Crippen LogP contribution in [-0.2, 0) is 21.5 Å². The lowest BCUT2D eigenvalue weighted by molar-refractivity contribution is -0.153. The minimum Gasteiger partial charge on any atom is -0.479 e. The fourth-order valence-corrected chi connectivity index (χ4v) is 2.13. The summed E-state index contributed by atoms with van der Waals surface area (Å²) in [5, 5.41) is 20.7. The molecule has 0 saturated heterocycles. The van der Waals surface area contributed by atoms with Gasteiger partial charge in [-0.25, -0.2) is 9.48 Å². The first-order valence-electron chi connectivity index (χ1n) is 6.29. The van der Waals surface area contributed by atoms with Crippen molar-refractivity contribution >= 4 is 5.97 Å². The summed E-state index contributed by atoms with van der Waals surface area (Å²) < 4.78 is 6.85. The van der Waals surface area contributed by atoms with E-state index in [0.29, 0.717) is 38.3 Å². The second-order valence-corrected chi connectivity index (χ2v) is 4.56. The summed E-state index contributed by atoms with van der Waals surface area (Å²) >= 11 is 0. The molecule has 100 valence electrons. The van der Waals surface area contributed by atoms with E-state index in [0.717, 1.165) is 12.8 Å². The van der Waals surface area contributed by atoms with E-state index < -0.39 is 11.5 Å². The van der Waals surface area contributed by atoms with Gasteiger partial charge in [-0.05, 0) is 36.1 Å². The summed E-state index contributed by atoms with van der Waals surface area (Å²) in [5.74, 6) is -0.259. The summed E-state index contributed by atoms with van der Waals surface area (Å²) in [6.45, 7) is 3.26. The molecule has 0 amide bonds. The van der Waals surface area contributed by atoms with Crippen LogP contribution in [0.4, 0.5) is 0 Å². The number of carboxylic acid groups (broad SMARTS) is 1. The molecule has 0 unspecified atom stereocenters. The number of aromatic nitrogens is 4. The van der Waals surface area contributed by atoms with E-state index in [4.69, 9.17) is 4.74 Å². The Kier molecular flexibility index (Phi) is 3.90. The van der Waals surface area contributed by atoms with Crippen LogP contribution in [0.2, 0.25) is 0 Å². The second kappa shape index (κ2) is 5.43. The molecular formula is C11H18N4O3. The average Bonchev–Trinajstić information content (AvgIpc) is 2.71. The van der Waals surface area contributed by atoms with Crippen molar-refractivity contribution in [3.63, 3.8) is 0 Å². The smallest absolute Gasteiger partial charge is 0.331 e. The molecule has 0 bridgehead atoms. The molecular weight excluding hydrogens is 236 g/mol. The lowest BCUT2D eigenvalue weighted by atomic mass is 9.77. The number of ether oxygens (including phenoxy) is 1. The highest BCUT2D eigenvalue weighted by Gasteiger charge is 2.48. The van der Waals surface area contributed by atoms with E-state index in [2.05, 4.69) is 15.5 Å². The van der Waals surface area contributed by atoms with E-state index in [1.54, 1.807) is 0 Å². The lowest BCUT2D eigenvalue weighted by Crippen LogP contribution is -2.49. The maximum atomic E-state index is 11.4. The van der Waals surface area contributed by atoms with Gasteiger partial charge in [0.1, 0.15) is 0 Å². The van der Waals surface area contributed by atoms with E-state index in [1.807, 2.05) is 6.92 Å². The molecule has 1 aromatic rings. The van der Waals surface area contributed by atoms with Crippen LogP contribution in [0.5, 0.6) is 0 Å². The van der Waals surface area contributed by atoms with Gasteiger partial charge in [-0.15, -0.1) is 5.10 Å². The lowest BCUT2D eigenvalue weighted by Gasteiger charge is -2.37. The maximum Gasteiger partial charge on any atom is 0.331 e. The fourth-order valence-electron chi connectivity index (χ4n) is 2.13. The van der Waals surface area contributed by atoms with Crippen molar-refractivity contribution in [1.82, 2.24) is 20.2 Å². The molecule has 1 heterocycles. The number of rotatable bonds is 7. The molecule has 1 N–H and O–H groups in total. The first-order chi connectivity index (χ1) is 8.70. The van der Waals surface area contributed by atoms with Gasteiger partial charge in [0.2, 0.25) is 0 Å². The summed E-state index contributed by atoms with van der Waals surface area (Å²) in [6.07, 6.45) is 3.59. The number of nitrogens with zero attached hydrogens (tertiary/aromatic N) is 4. The van der Waals surface area contributed by atoms with Crippen LogP contribution >= 0.6 is 0 Å². The molecule has 0 spiro atoms. The Hall–Kier alpha value is -1.50. The van der Waals surface area contributed by atoms with Crippen LogP contribution in [0.25, 0.3) is 0 Å². The second-order valence-electron chi connectivity index (χ2n) is 4.56. The van der Waals surface area contributed by atoms with Gasteiger partial charge in [-0.3, -0.25) is 0 Å². The Morgan fingerprint density at radius 3 is 2.83 bits per heavy atom. The normalized spacial score (nSPS) is 17.4. The van der Waals surface area contributed by atoms with Gasteiger partial charge in [-0.1, -0.05) is 6.92 Å². The number of hydrogen-bond donors (Lipinski definition) is 1. The maximum absolute atomic E-state index is 11.4. The van der Waals surface area contributed by atoms with E-state index in [1.165, 1.54) is 4.68 Å². The molecule has 7 heteroatoms. The van der Waals surface area contributed by atoms with Crippen molar-refractivity contribution in [3.8, 4) is 0 Å². The zero-order chi connectivity index (χ0) is 13.0. The Labute approximate surface area is 105 Å².